The molecule has 4 nitrogen and oxygen atoms in total. The van der Waals surface area contributed by atoms with Gasteiger partial charge in [-0.15, -0.1) is 0 Å². The van der Waals surface area contributed by atoms with Gasteiger partial charge in [0.25, 0.3) is 0 Å². The standard InChI is InChI=1S/C25H25F3N2O2/c1-16-17(2)24(32-11-10-29-3)22(15-31)13-21(16)12-18-4-6-19(7-5-18)20-8-9-30-23(14-20)25(26,27)28/h4-9,13-15,29H,10-12H2,1-3H3. The summed E-state index contributed by atoms with van der Waals surface area (Å²) in [6.07, 6.45) is -1.92. The third kappa shape index (κ3) is 5.34. The molecule has 1 N–H and O–H groups in total. The zero-order valence-corrected chi connectivity index (χ0v) is 18.2. The van der Waals surface area contributed by atoms with Crippen LogP contribution in [0.5, 0.6) is 5.75 Å². The number of alkyl halides is 3. The van der Waals surface area contributed by atoms with Crippen molar-refractivity contribution in [3.05, 3.63) is 82.2 Å². The Kier molecular flexibility index (Phi) is 7.30. The number of hydrogen-bond donors (Lipinski definition) is 1. The molecule has 0 bridgehead atoms. The molecule has 0 atom stereocenters. The minimum atomic E-state index is -4.48. The van der Waals surface area contributed by atoms with Gasteiger partial charge in [0.15, 0.2) is 6.29 Å². The highest BCUT2D eigenvalue weighted by atomic mass is 19.4. The van der Waals surface area contributed by atoms with E-state index in [-0.39, 0.29) is 0 Å². The van der Waals surface area contributed by atoms with E-state index in [1.54, 1.807) is 18.2 Å². The van der Waals surface area contributed by atoms with E-state index in [1.165, 1.54) is 6.20 Å². The Bertz CT molecular complexity index is 1090. The lowest BCUT2D eigenvalue weighted by Crippen LogP contribution is -2.17. The molecule has 0 fully saturated rings. The van der Waals surface area contributed by atoms with Gasteiger partial charge in [-0.1, -0.05) is 24.3 Å². The van der Waals surface area contributed by atoms with Crippen molar-refractivity contribution in [3.63, 3.8) is 0 Å². The van der Waals surface area contributed by atoms with Crippen molar-refractivity contribution in [2.45, 2.75) is 26.4 Å². The fraction of sp³-hybridized carbons (Fsp3) is 0.280. The van der Waals surface area contributed by atoms with Crippen molar-refractivity contribution >= 4 is 6.29 Å². The number of nitrogens with zero attached hydrogens (tertiary/aromatic N) is 1. The second-order valence-corrected chi connectivity index (χ2v) is 7.58. The number of aromatic nitrogens is 1. The van der Waals surface area contributed by atoms with Gasteiger partial charge in [0.1, 0.15) is 18.1 Å². The molecule has 3 aromatic rings. The number of halogens is 3. The van der Waals surface area contributed by atoms with Gasteiger partial charge in [0, 0.05) is 12.7 Å². The summed E-state index contributed by atoms with van der Waals surface area (Å²) in [5.41, 5.74) is 4.69. The minimum Gasteiger partial charge on any atom is -0.491 e. The monoisotopic (exact) mass is 442 g/mol. The highest BCUT2D eigenvalue weighted by Gasteiger charge is 2.32. The highest BCUT2D eigenvalue weighted by Crippen LogP contribution is 2.32. The molecule has 32 heavy (non-hydrogen) atoms. The Morgan fingerprint density at radius 3 is 2.38 bits per heavy atom. The molecular weight excluding hydrogens is 417 g/mol. The molecule has 168 valence electrons. The highest BCUT2D eigenvalue weighted by molar-refractivity contribution is 5.81. The number of carbonyl (C=O) groups excluding carboxylic acids is 1. The fourth-order valence-corrected chi connectivity index (χ4v) is 3.51. The molecule has 0 aliphatic heterocycles. The molecule has 1 aromatic heterocycles. The number of aldehydes is 1. The number of ether oxygens (including phenoxy) is 1. The van der Waals surface area contributed by atoms with Crippen LogP contribution in [0.2, 0.25) is 0 Å². The zero-order valence-electron chi connectivity index (χ0n) is 18.2. The lowest BCUT2D eigenvalue weighted by molar-refractivity contribution is -0.141. The Labute approximate surface area is 185 Å². The van der Waals surface area contributed by atoms with E-state index in [0.717, 1.165) is 34.6 Å². The summed E-state index contributed by atoms with van der Waals surface area (Å²) in [6, 6.07) is 11.8. The molecule has 7 heteroatoms. The lowest BCUT2D eigenvalue weighted by atomic mass is 9.93. The van der Waals surface area contributed by atoms with Gasteiger partial charge >= 0.3 is 6.18 Å². The first kappa shape index (κ1) is 23.5. The third-order valence-electron chi connectivity index (χ3n) is 5.43. The summed E-state index contributed by atoms with van der Waals surface area (Å²) in [5, 5.41) is 3.01. The molecular formula is C25H25F3N2O2. The average Bonchev–Trinajstić information content (AvgIpc) is 2.78. The van der Waals surface area contributed by atoms with E-state index in [9.17, 15) is 18.0 Å². The molecule has 0 spiro atoms. The molecule has 0 aliphatic carbocycles. The van der Waals surface area contributed by atoms with E-state index in [0.29, 0.717) is 42.0 Å². The normalized spacial score (nSPS) is 11.4. The predicted octanol–water partition coefficient (Wildman–Crippen LogP) is 5.39. The SMILES string of the molecule is CNCCOc1c(C=O)cc(Cc2ccc(-c3ccnc(C(F)(F)F)c3)cc2)c(C)c1C. The van der Waals surface area contributed by atoms with Gasteiger partial charge in [-0.3, -0.25) is 9.78 Å². The topological polar surface area (TPSA) is 51.2 Å². The Morgan fingerprint density at radius 1 is 1.03 bits per heavy atom. The minimum absolute atomic E-state index is 0.456. The number of hydrogen-bond acceptors (Lipinski definition) is 4. The summed E-state index contributed by atoms with van der Waals surface area (Å²) < 4.78 is 44.6. The molecule has 3 rings (SSSR count). The van der Waals surface area contributed by atoms with E-state index in [4.69, 9.17) is 4.74 Å². The summed E-state index contributed by atoms with van der Waals surface area (Å²) >= 11 is 0. The molecule has 0 saturated carbocycles. The molecule has 1 heterocycles. The second-order valence-electron chi connectivity index (χ2n) is 7.58. The van der Waals surface area contributed by atoms with Crippen molar-refractivity contribution in [1.29, 1.82) is 0 Å². The van der Waals surface area contributed by atoms with E-state index < -0.39 is 11.9 Å². The van der Waals surface area contributed by atoms with Crippen molar-refractivity contribution < 1.29 is 22.7 Å². The third-order valence-corrected chi connectivity index (χ3v) is 5.43. The molecule has 0 radical (unpaired) electrons. The first-order chi connectivity index (χ1) is 15.2. The summed E-state index contributed by atoms with van der Waals surface area (Å²) in [4.78, 5) is 15.1. The maximum atomic E-state index is 12.9. The van der Waals surface area contributed by atoms with Crippen LogP contribution in [0.15, 0.2) is 48.7 Å². The first-order valence-corrected chi connectivity index (χ1v) is 10.2. The zero-order chi connectivity index (χ0) is 23.3. The van der Waals surface area contributed by atoms with Crippen molar-refractivity contribution in [2.75, 3.05) is 20.2 Å². The van der Waals surface area contributed by atoms with E-state index >= 15 is 0 Å². The van der Waals surface area contributed by atoms with Gasteiger partial charge in [-0.2, -0.15) is 13.2 Å². The number of likely N-dealkylation sites (N-methyl/N-ethyl adjacent to an activating group) is 1. The average molecular weight is 442 g/mol. The van der Waals surface area contributed by atoms with Gasteiger partial charge < -0.3 is 10.1 Å². The van der Waals surface area contributed by atoms with E-state index in [1.807, 2.05) is 39.1 Å². The number of pyridine rings is 1. The summed E-state index contributed by atoms with van der Waals surface area (Å²) in [5.74, 6) is 0.602. The van der Waals surface area contributed by atoms with Crippen molar-refractivity contribution in [1.82, 2.24) is 10.3 Å². The Balaban J connectivity index is 1.84. The lowest BCUT2D eigenvalue weighted by Gasteiger charge is -2.17. The maximum Gasteiger partial charge on any atom is 0.433 e. The maximum absolute atomic E-state index is 12.9. The van der Waals surface area contributed by atoms with Crippen LogP contribution in [0.3, 0.4) is 0 Å². The van der Waals surface area contributed by atoms with Gasteiger partial charge in [-0.05, 0) is 78.9 Å². The van der Waals surface area contributed by atoms with Crippen LogP contribution in [-0.4, -0.2) is 31.5 Å². The predicted molar refractivity (Wildman–Crippen MR) is 118 cm³/mol. The largest absolute Gasteiger partial charge is 0.491 e. The van der Waals surface area contributed by atoms with Crippen LogP contribution in [-0.2, 0) is 12.6 Å². The van der Waals surface area contributed by atoms with Crippen molar-refractivity contribution in [2.24, 2.45) is 0 Å². The smallest absolute Gasteiger partial charge is 0.433 e. The van der Waals surface area contributed by atoms with Crippen LogP contribution < -0.4 is 10.1 Å². The molecule has 0 amide bonds. The molecule has 0 unspecified atom stereocenters. The van der Waals surface area contributed by atoms with Crippen LogP contribution in [0.1, 0.15) is 38.3 Å². The fourth-order valence-electron chi connectivity index (χ4n) is 3.51. The number of carbonyl (C=O) groups is 1. The van der Waals surface area contributed by atoms with Crippen LogP contribution in [0, 0.1) is 13.8 Å². The first-order valence-electron chi connectivity index (χ1n) is 10.2. The van der Waals surface area contributed by atoms with Crippen LogP contribution in [0.4, 0.5) is 13.2 Å². The van der Waals surface area contributed by atoms with Crippen molar-refractivity contribution in [3.8, 4) is 16.9 Å². The summed E-state index contributed by atoms with van der Waals surface area (Å²) in [7, 11) is 1.83. The van der Waals surface area contributed by atoms with Crippen LogP contribution in [0.25, 0.3) is 11.1 Å². The number of benzene rings is 2. The van der Waals surface area contributed by atoms with E-state index in [2.05, 4.69) is 10.3 Å². The quantitative estimate of drug-likeness (QED) is 0.376. The number of rotatable bonds is 8. The van der Waals surface area contributed by atoms with Gasteiger partial charge in [0.05, 0.1) is 5.56 Å². The second kappa shape index (κ2) is 9.96. The molecule has 2 aromatic carbocycles. The van der Waals surface area contributed by atoms with Gasteiger partial charge in [-0.25, -0.2) is 0 Å². The Morgan fingerprint density at radius 2 is 1.75 bits per heavy atom. The Hall–Kier alpha value is -3.19. The van der Waals surface area contributed by atoms with Gasteiger partial charge in [0.2, 0.25) is 0 Å². The number of nitrogens with one attached hydrogen (secondary N) is 1. The molecule has 0 aliphatic rings. The summed E-state index contributed by atoms with van der Waals surface area (Å²) in [6.45, 7) is 5.07. The molecule has 0 saturated heterocycles. The van der Waals surface area contributed by atoms with Crippen LogP contribution >= 0.6 is 0 Å².